The summed E-state index contributed by atoms with van der Waals surface area (Å²) in [7, 11) is 1.52. The van der Waals surface area contributed by atoms with Crippen molar-refractivity contribution >= 4 is 11.6 Å². The van der Waals surface area contributed by atoms with E-state index in [1.807, 2.05) is 0 Å². The van der Waals surface area contributed by atoms with Crippen LogP contribution in [-0.4, -0.2) is 22.1 Å². The first kappa shape index (κ1) is 12.7. The molecule has 2 heterocycles. The lowest BCUT2D eigenvalue weighted by atomic mass is 10.1. The van der Waals surface area contributed by atoms with Crippen LogP contribution >= 0.6 is 11.6 Å². The third kappa shape index (κ3) is 2.56. The molecule has 0 aliphatic rings. The van der Waals surface area contributed by atoms with E-state index in [1.165, 1.54) is 7.11 Å². The highest BCUT2D eigenvalue weighted by molar-refractivity contribution is 6.30. The van der Waals surface area contributed by atoms with Gasteiger partial charge in [-0.3, -0.25) is 15.8 Å². The van der Waals surface area contributed by atoms with Crippen LogP contribution < -0.4 is 16.0 Å². The Morgan fingerprint density at radius 1 is 1.28 bits per heavy atom. The van der Waals surface area contributed by atoms with E-state index < -0.39 is 6.04 Å². The molecule has 94 valence electrons. The Morgan fingerprint density at radius 2 is 2.06 bits per heavy atom. The molecule has 0 fully saturated rings. The Balaban J connectivity index is 2.41. The van der Waals surface area contributed by atoms with Gasteiger partial charge < -0.3 is 4.74 Å². The lowest BCUT2D eigenvalue weighted by Crippen LogP contribution is -2.30. The summed E-state index contributed by atoms with van der Waals surface area (Å²) in [5.74, 6) is 5.95. The second-order valence-electron chi connectivity index (χ2n) is 3.45. The summed E-state index contributed by atoms with van der Waals surface area (Å²) < 4.78 is 5.15. The van der Waals surface area contributed by atoms with Crippen molar-refractivity contribution in [2.45, 2.75) is 6.04 Å². The molecule has 0 spiro atoms. The first-order chi connectivity index (χ1) is 8.76. The van der Waals surface area contributed by atoms with Crippen LogP contribution in [0.25, 0.3) is 0 Å². The molecule has 0 aliphatic carbocycles. The molecule has 0 amide bonds. The maximum absolute atomic E-state index is 5.80. The van der Waals surface area contributed by atoms with E-state index in [9.17, 15) is 0 Å². The summed E-state index contributed by atoms with van der Waals surface area (Å²) in [5.41, 5.74) is 3.89. The average Bonchev–Trinajstić information content (AvgIpc) is 2.42. The number of rotatable bonds is 4. The SMILES string of the molecule is COc1nccnc1C(NN)c1ccc(Cl)cn1. The summed E-state index contributed by atoms with van der Waals surface area (Å²) in [4.78, 5) is 12.5. The zero-order valence-electron chi connectivity index (χ0n) is 9.67. The van der Waals surface area contributed by atoms with Crippen molar-refractivity contribution in [3.8, 4) is 5.88 Å². The van der Waals surface area contributed by atoms with Crippen molar-refractivity contribution in [3.63, 3.8) is 0 Å². The van der Waals surface area contributed by atoms with Crippen LogP contribution in [0, 0.1) is 0 Å². The zero-order valence-corrected chi connectivity index (χ0v) is 10.4. The number of nitrogens with one attached hydrogen (secondary N) is 1. The molecule has 6 nitrogen and oxygen atoms in total. The number of aromatic nitrogens is 3. The monoisotopic (exact) mass is 265 g/mol. The van der Waals surface area contributed by atoms with Gasteiger partial charge in [0.2, 0.25) is 5.88 Å². The summed E-state index contributed by atoms with van der Waals surface area (Å²) >= 11 is 5.80. The van der Waals surface area contributed by atoms with Crippen LogP contribution in [0.1, 0.15) is 17.4 Å². The number of methoxy groups -OCH3 is 1. The number of halogens is 1. The van der Waals surface area contributed by atoms with Crippen molar-refractivity contribution in [1.82, 2.24) is 20.4 Å². The maximum atomic E-state index is 5.80. The highest BCUT2D eigenvalue weighted by Gasteiger charge is 2.20. The van der Waals surface area contributed by atoms with Gasteiger partial charge in [0, 0.05) is 18.6 Å². The average molecular weight is 266 g/mol. The Bertz CT molecular complexity index is 519. The Labute approximate surface area is 109 Å². The van der Waals surface area contributed by atoms with Gasteiger partial charge in [-0.1, -0.05) is 11.6 Å². The topological polar surface area (TPSA) is 86.0 Å². The lowest BCUT2D eigenvalue weighted by molar-refractivity contribution is 0.382. The fourth-order valence-electron chi connectivity index (χ4n) is 1.55. The standard InChI is InChI=1S/C11H12ClN5O/c1-18-11-10(14-4-5-15-11)9(17-13)8-3-2-7(12)6-16-8/h2-6,9,17H,13H2,1H3. The van der Waals surface area contributed by atoms with Crippen LogP contribution in [-0.2, 0) is 0 Å². The van der Waals surface area contributed by atoms with Crippen LogP contribution in [0.5, 0.6) is 5.88 Å². The quantitative estimate of drug-likeness (QED) is 0.636. The number of pyridine rings is 1. The minimum atomic E-state index is -0.411. The molecule has 0 aliphatic heterocycles. The smallest absolute Gasteiger partial charge is 0.237 e. The van der Waals surface area contributed by atoms with E-state index in [1.54, 1.807) is 30.7 Å². The zero-order chi connectivity index (χ0) is 13.0. The first-order valence-electron chi connectivity index (χ1n) is 5.18. The molecule has 2 aromatic heterocycles. The lowest BCUT2D eigenvalue weighted by Gasteiger charge is -2.16. The second-order valence-corrected chi connectivity index (χ2v) is 3.89. The highest BCUT2D eigenvalue weighted by Crippen LogP contribution is 2.24. The molecule has 0 bridgehead atoms. The van der Waals surface area contributed by atoms with E-state index in [-0.39, 0.29) is 0 Å². The van der Waals surface area contributed by atoms with Crippen molar-refractivity contribution in [3.05, 3.63) is 47.1 Å². The molecule has 0 radical (unpaired) electrons. The number of nitrogens with two attached hydrogens (primary N) is 1. The molecule has 1 atom stereocenters. The fraction of sp³-hybridized carbons (Fsp3) is 0.182. The number of nitrogens with zero attached hydrogens (tertiary/aromatic N) is 3. The van der Waals surface area contributed by atoms with Gasteiger partial charge in [-0.15, -0.1) is 0 Å². The Morgan fingerprint density at radius 3 is 2.67 bits per heavy atom. The summed E-state index contributed by atoms with van der Waals surface area (Å²) in [6.07, 6.45) is 4.66. The molecule has 2 rings (SSSR count). The largest absolute Gasteiger partial charge is 0.480 e. The number of ether oxygens (including phenoxy) is 1. The van der Waals surface area contributed by atoms with Crippen molar-refractivity contribution in [2.75, 3.05) is 7.11 Å². The van der Waals surface area contributed by atoms with Crippen LogP contribution in [0.15, 0.2) is 30.7 Å². The molecule has 7 heteroatoms. The van der Waals surface area contributed by atoms with Crippen LogP contribution in [0.3, 0.4) is 0 Å². The molecule has 2 aromatic rings. The van der Waals surface area contributed by atoms with Gasteiger partial charge in [-0.25, -0.2) is 10.4 Å². The molecule has 0 saturated carbocycles. The number of hydrazine groups is 1. The predicted octanol–water partition coefficient (Wildman–Crippen LogP) is 1.09. The Kier molecular flexibility index (Phi) is 4.03. The third-order valence-electron chi connectivity index (χ3n) is 2.37. The maximum Gasteiger partial charge on any atom is 0.237 e. The van der Waals surface area contributed by atoms with E-state index in [4.69, 9.17) is 22.2 Å². The number of hydrogen-bond acceptors (Lipinski definition) is 6. The normalized spacial score (nSPS) is 12.2. The van der Waals surface area contributed by atoms with E-state index >= 15 is 0 Å². The van der Waals surface area contributed by atoms with Gasteiger partial charge in [0.25, 0.3) is 0 Å². The summed E-state index contributed by atoms with van der Waals surface area (Å²) in [6, 6.07) is 3.09. The van der Waals surface area contributed by atoms with Crippen molar-refractivity contribution in [1.29, 1.82) is 0 Å². The van der Waals surface area contributed by atoms with Gasteiger partial charge in [0.15, 0.2) is 0 Å². The van der Waals surface area contributed by atoms with Crippen LogP contribution in [0.2, 0.25) is 5.02 Å². The predicted molar refractivity (Wildman–Crippen MR) is 67.0 cm³/mol. The van der Waals surface area contributed by atoms with E-state index in [0.29, 0.717) is 22.3 Å². The van der Waals surface area contributed by atoms with Crippen molar-refractivity contribution in [2.24, 2.45) is 5.84 Å². The summed E-state index contributed by atoms with van der Waals surface area (Å²) in [6.45, 7) is 0. The number of hydrogen-bond donors (Lipinski definition) is 2. The second kappa shape index (κ2) is 5.72. The molecule has 0 aromatic carbocycles. The molecular formula is C11H12ClN5O. The van der Waals surface area contributed by atoms with E-state index in [0.717, 1.165) is 0 Å². The van der Waals surface area contributed by atoms with Gasteiger partial charge in [-0.05, 0) is 12.1 Å². The molecule has 0 saturated heterocycles. The molecule has 1 unspecified atom stereocenters. The van der Waals surface area contributed by atoms with Gasteiger partial charge >= 0.3 is 0 Å². The van der Waals surface area contributed by atoms with E-state index in [2.05, 4.69) is 20.4 Å². The van der Waals surface area contributed by atoms with Gasteiger partial charge in [-0.2, -0.15) is 0 Å². The van der Waals surface area contributed by atoms with Gasteiger partial charge in [0.05, 0.1) is 17.8 Å². The van der Waals surface area contributed by atoms with Crippen LogP contribution in [0.4, 0.5) is 0 Å². The molecular weight excluding hydrogens is 254 g/mol. The Hall–Kier alpha value is -1.76. The minimum absolute atomic E-state index is 0.400. The summed E-state index contributed by atoms with van der Waals surface area (Å²) in [5, 5.41) is 0.556. The molecule has 18 heavy (non-hydrogen) atoms. The van der Waals surface area contributed by atoms with Gasteiger partial charge in [0.1, 0.15) is 11.7 Å². The first-order valence-corrected chi connectivity index (χ1v) is 5.56. The fourth-order valence-corrected chi connectivity index (χ4v) is 1.67. The minimum Gasteiger partial charge on any atom is -0.480 e. The highest BCUT2D eigenvalue weighted by atomic mass is 35.5. The molecule has 3 N–H and O–H groups in total. The third-order valence-corrected chi connectivity index (χ3v) is 2.59. The van der Waals surface area contributed by atoms with Crippen molar-refractivity contribution < 1.29 is 4.74 Å².